The standard InChI is InChI=1S/C23H32N4O2/c1-5-24-23(26-16-20-9-7-8-10-21(20)17-29-6-2)25-15-18-11-13-19(14-12-18)22(28)27(3)4/h7-14H,5-6,15-17H2,1-4H3,(H2,24,25,26). The van der Waals surface area contributed by atoms with Crippen LogP contribution in [0.25, 0.3) is 0 Å². The summed E-state index contributed by atoms with van der Waals surface area (Å²) in [6, 6.07) is 15.8. The molecule has 0 atom stereocenters. The van der Waals surface area contributed by atoms with Crippen molar-refractivity contribution < 1.29 is 9.53 Å². The second-order valence-corrected chi connectivity index (χ2v) is 6.85. The third-order valence-corrected chi connectivity index (χ3v) is 4.40. The van der Waals surface area contributed by atoms with E-state index in [1.165, 1.54) is 11.1 Å². The normalized spacial score (nSPS) is 11.2. The lowest BCUT2D eigenvalue weighted by Gasteiger charge is -2.14. The van der Waals surface area contributed by atoms with Crippen molar-refractivity contribution in [1.82, 2.24) is 15.5 Å². The Kier molecular flexibility index (Phi) is 9.18. The molecule has 0 bridgehead atoms. The van der Waals surface area contributed by atoms with E-state index >= 15 is 0 Å². The summed E-state index contributed by atoms with van der Waals surface area (Å²) in [4.78, 5) is 18.2. The summed E-state index contributed by atoms with van der Waals surface area (Å²) in [7, 11) is 3.50. The maximum atomic E-state index is 12.0. The highest BCUT2D eigenvalue weighted by molar-refractivity contribution is 5.93. The zero-order valence-electron chi connectivity index (χ0n) is 17.9. The molecule has 0 fully saturated rings. The largest absolute Gasteiger partial charge is 0.377 e. The summed E-state index contributed by atoms with van der Waals surface area (Å²) < 4.78 is 5.56. The number of hydrogen-bond donors (Lipinski definition) is 2. The van der Waals surface area contributed by atoms with Crippen LogP contribution >= 0.6 is 0 Å². The average Bonchev–Trinajstić information content (AvgIpc) is 2.74. The number of aliphatic imine (C=N–C) groups is 1. The number of carbonyl (C=O) groups is 1. The Morgan fingerprint density at radius 3 is 2.31 bits per heavy atom. The summed E-state index contributed by atoms with van der Waals surface area (Å²) in [6.07, 6.45) is 0. The van der Waals surface area contributed by atoms with Crippen molar-refractivity contribution in [2.45, 2.75) is 33.5 Å². The van der Waals surface area contributed by atoms with Crippen LogP contribution < -0.4 is 10.6 Å². The molecule has 0 aromatic heterocycles. The molecule has 0 aliphatic carbocycles. The molecule has 6 heteroatoms. The minimum absolute atomic E-state index is 0.000717. The molecule has 0 saturated carbocycles. The van der Waals surface area contributed by atoms with Gasteiger partial charge in [0.25, 0.3) is 5.91 Å². The molecule has 0 aliphatic heterocycles. The van der Waals surface area contributed by atoms with Gasteiger partial charge in [0.2, 0.25) is 0 Å². The van der Waals surface area contributed by atoms with Gasteiger partial charge in [0.05, 0.1) is 13.2 Å². The van der Waals surface area contributed by atoms with Crippen molar-refractivity contribution in [2.75, 3.05) is 27.2 Å². The molecule has 2 aromatic rings. The Balaban J connectivity index is 2.01. The van der Waals surface area contributed by atoms with Crippen LogP contribution in [0.5, 0.6) is 0 Å². The van der Waals surface area contributed by atoms with Crippen LogP contribution in [-0.2, 0) is 24.4 Å². The fourth-order valence-electron chi connectivity index (χ4n) is 2.78. The number of nitrogens with zero attached hydrogens (tertiary/aromatic N) is 2. The summed E-state index contributed by atoms with van der Waals surface area (Å²) in [5, 5.41) is 6.67. The van der Waals surface area contributed by atoms with E-state index in [0.717, 1.165) is 18.1 Å². The van der Waals surface area contributed by atoms with Crippen LogP contribution in [0.3, 0.4) is 0 Å². The van der Waals surface area contributed by atoms with Gasteiger partial charge in [0, 0.05) is 39.4 Å². The molecule has 0 spiro atoms. The van der Waals surface area contributed by atoms with E-state index < -0.39 is 0 Å². The minimum atomic E-state index is 0.000717. The molecule has 0 radical (unpaired) electrons. The number of ether oxygens (including phenoxy) is 1. The first-order chi connectivity index (χ1) is 14.0. The molecular formula is C23H32N4O2. The van der Waals surface area contributed by atoms with Gasteiger partial charge in [-0.1, -0.05) is 36.4 Å². The highest BCUT2D eigenvalue weighted by atomic mass is 16.5. The maximum absolute atomic E-state index is 12.0. The van der Waals surface area contributed by atoms with Crippen molar-refractivity contribution in [2.24, 2.45) is 4.99 Å². The fourth-order valence-corrected chi connectivity index (χ4v) is 2.78. The van der Waals surface area contributed by atoms with Gasteiger partial charge in [-0.15, -0.1) is 0 Å². The number of nitrogens with one attached hydrogen (secondary N) is 2. The topological polar surface area (TPSA) is 66.0 Å². The van der Waals surface area contributed by atoms with Gasteiger partial charge >= 0.3 is 0 Å². The number of amides is 1. The van der Waals surface area contributed by atoms with E-state index in [1.807, 2.05) is 50.2 Å². The summed E-state index contributed by atoms with van der Waals surface area (Å²) in [5.74, 6) is 0.757. The van der Waals surface area contributed by atoms with Crippen LogP contribution in [0.2, 0.25) is 0 Å². The van der Waals surface area contributed by atoms with E-state index in [4.69, 9.17) is 4.74 Å². The highest BCUT2D eigenvalue weighted by Gasteiger charge is 2.07. The van der Waals surface area contributed by atoms with Gasteiger partial charge in [0.15, 0.2) is 5.96 Å². The van der Waals surface area contributed by atoms with E-state index in [-0.39, 0.29) is 5.91 Å². The summed E-state index contributed by atoms with van der Waals surface area (Å²) in [5.41, 5.74) is 4.10. The van der Waals surface area contributed by atoms with E-state index in [0.29, 0.717) is 31.9 Å². The van der Waals surface area contributed by atoms with Crippen molar-refractivity contribution in [1.29, 1.82) is 0 Å². The van der Waals surface area contributed by atoms with Crippen LogP contribution in [0.4, 0.5) is 0 Å². The predicted octanol–water partition coefficient (Wildman–Crippen LogP) is 3.18. The van der Waals surface area contributed by atoms with Crippen molar-refractivity contribution in [3.63, 3.8) is 0 Å². The maximum Gasteiger partial charge on any atom is 0.253 e. The Morgan fingerprint density at radius 1 is 1.00 bits per heavy atom. The second kappa shape index (κ2) is 11.9. The van der Waals surface area contributed by atoms with Gasteiger partial charge in [-0.2, -0.15) is 0 Å². The molecule has 0 saturated heterocycles. The minimum Gasteiger partial charge on any atom is -0.377 e. The van der Waals surface area contributed by atoms with Crippen LogP contribution in [0.1, 0.15) is 40.9 Å². The first-order valence-corrected chi connectivity index (χ1v) is 10.0. The molecule has 2 aromatic carbocycles. The van der Waals surface area contributed by atoms with Gasteiger partial charge in [0.1, 0.15) is 0 Å². The molecule has 0 unspecified atom stereocenters. The van der Waals surface area contributed by atoms with Crippen LogP contribution in [0.15, 0.2) is 53.5 Å². The lowest BCUT2D eigenvalue weighted by atomic mass is 10.1. The number of carbonyl (C=O) groups excluding carboxylic acids is 1. The van der Waals surface area contributed by atoms with Gasteiger partial charge in [-0.05, 0) is 42.7 Å². The molecule has 2 N–H and O–H groups in total. The molecule has 0 heterocycles. The molecule has 1 amide bonds. The van der Waals surface area contributed by atoms with Crippen LogP contribution in [-0.4, -0.2) is 44.0 Å². The third-order valence-electron chi connectivity index (χ3n) is 4.40. The monoisotopic (exact) mass is 396 g/mol. The lowest BCUT2D eigenvalue weighted by molar-refractivity contribution is 0.0827. The summed E-state index contributed by atoms with van der Waals surface area (Å²) in [6.45, 7) is 7.34. The number of hydrogen-bond acceptors (Lipinski definition) is 3. The molecule has 0 aliphatic rings. The van der Waals surface area contributed by atoms with Crippen molar-refractivity contribution >= 4 is 11.9 Å². The van der Waals surface area contributed by atoms with Gasteiger partial charge in [-0.25, -0.2) is 4.99 Å². The average molecular weight is 397 g/mol. The SMILES string of the molecule is CCNC(=NCc1ccc(C(=O)N(C)C)cc1)NCc1ccccc1COCC. The molecule has 29 heavy (non-hydrogen) atoms. The molecular weight excluding hydrogens is 364 g/mol. The van der Waals surface area contributed by atoms with Gasteiger partial charge in [-0.3, -0.25) is 4.79 Å². The number of benzene rings is 2. The fraction of sp³-hybridized carbons (Fsp3) is 0.391. The lowest BCUT2D eigenvalue weighted by Crippen LogP contribution is -2.37. The Labute approximate surface area is 174 Å². The number of guanidine groups is 1. The summed E-state index contributed by atoms with van der Waals surface area (Å²) >= 11 is 0. The molecule has 6 nitrogen and oxygen atoms in total. The predicted molar refractivity (Wildman–Crippen MR) is 118 cm³/mol. The smallest absolute Gasteiger partial charge is 0.253 e. The quantitative estimate of drug-likeness (QED) is 0.505. The van der Waals surface area contributed by atoms with Crippen molar-refractivity contribution in [3.05, 3.63) is 70.8 Å². The van der Waals surface area contributed by atoms with Crippen LogP contribution in [0, 0.1) is 0 Å². The van der Waals surface area contributed by atoms with E-state index in [2.05, 4.69) is 27.8 Å². The van der Waals surface area contributed by atoms with E-state index in [9.17, 15) is 4.79 Å². The Morgan fingerprint density at radius 2 is 1.69 bits per heavy atom. The zero-order chi connectivity index (χ0) is 21.1. The highest BCUT2D eigenvalue weighted by Crippen LogP contribution is 2.10. The zero-order valence-corrected chi connectivity index (χ0v) is 17.9. The molecule has 156 valence electrons. The number of rotatable bonds is 9. The third kappa shape index (κ3) is 7.23. The molecule has 2 rings (SSSR count). The van der Waals surface area contributed by atoms with E-state index in [1.54, 1.807) is 19.0 Å². The second-order valence-electron chi connectivity index (χ2n) is 6.85. The first kappa shape index (κ1) is 22.4. The van der Waals surface area contributed by atoms with Gasteiger partial charge < -0.3 is 20.3 Å². The van der Waals surface area contributed by atoms with Crippen molar-refractivity contribution in [3.8, 4) is 0 Å². The Hall–Kier alpha value is -2.86. The first-order valence-electron chi connectivity index (χ1n) is 10.0. The Bertz CT molecular complexity index is 801.